The smallest absolute Gasteiger partial charge is 0.243 e. The molecule has 4 nitrogen and oxygen atoms in total. The van der Waals surface area contributed by atoms with Gasteiger partial charge in [-0.2, -0.15) is 4.31 Å². The molecule has 3 rings (SSSR count). The summed E-state index contributed by atoms with van der Waals surface area (Å²) < 4.78 is 33.1. The van der Waals surface area contributed by atoms with Crippen molar-refractivity contribution in [1.29, 1.82) is 0 Å². The first-order valence-corrected chi connectivity index (χ1v) is 9.76. The van der Waals surface area contributed by atoms with Crippen molar-refractivity contribution in [3.05, 3.63) is 59.2 Å². The number of rotatable bonds is 5. The zero-order valence-corrected chi connectivity index (χ0v) is 15.0. The maximum Gasteiger partial charge on any atom is 0.243 e. The van der Waals surface area contributed by atoms with Gasteiger partial charge in [0.15, 0.2) is 0 Å². The third-order valence-electron chi connectivity index (χ3n) is 4.34. The molecule has 2 aromatic carbocycles. The van der Waals surface area contributed by atoms with E-state index in [1.165, 1.54) is 5.56 Å². The van der Waals surface area contributed by atoms with Gasteiger partial charge in [0.2, 0.25) is 10.0 Å². The predicted molar refractivity (Wildman–Crippen MR) is 94.7 cm³/mol. The van der Waals surface area contributed by atoms with Crippen molar-refractivity contribution in [3.63, 3.8) is 0 Å². The second kappa shape index (κ2) is 6.95. The molecule has 0 aromatic heterocycles. The Kier molecular flexibility index (Phi) is 4.92. The Morgan fingerprint density at radius 3 is 2.58 bits per heavy atom. The molecule has 1 heterocycles. The molecule has 0 saturated carbocycles. The highest BCUT2D eigenvalue weighted by atomic mass is 32.2. The van der Waals surface area contributed by atoms with Gasteiger partial charge in [-0.3, -0.25) is 0 Å². The summed E-state index contributed by atoms with van der Waals surface area (Å²) in [5.41, 5.74) is 3.18. The predicted octanol–water partition coefficient (Wildman–Crippen LogP) is 3.53. The van der Waals surface area contributed by atoms with Gasteiger partial charge in [0.25, 0.3) is 0 Å². The first-order valence-electron chi connectivity index (χ1n) is 8.32. The van der Waals surface area contributed by atoms with Gasteiger partial charge in [-0.25, -0.2) is 8.42 Å². The minimum Gasteiger partial charge on any atom is -0.493 e. The van der Waals surface area contributed by atoms with E-state index in [0.29, 0.717) is 24.6 Å². The highest BCUT2D eigenvalue weighted by Crippen LogP contribution is 2.28. The van der Waals surface area contributed by atoms with Crippen LogP contribution in [0.2, 0.25) is 0 Å². The molecule has 0 atom stereocenters. The number of hydrogen-bond donors (Lipinski definition) is 0. The van der Waals surface area contributed by atoms with Crippen LogP contribution in [0.1, 0.15) is 30.0 Å². The topological polar surface area (TPSA) is 46.6 Å². The number of aryl methyl sites for hydroxylation is 1. The molecule has 0 spiro atoms. The molecule has 1 aliphatic heterocycles. The van der Waals surface area contributed by atoms with E-state index in [1.54, 1.807) is 22.5 Å². The fraction of sp³-hybridized carbons (Fsp3) is 0.368. The number of sulfonamides is 1. The lowest BCUT2D eigenvalue weighted by Crippen LogP contribution is -2.35. The molecule has 128 valence electrons. The Morgan fingerprint density at radius 2 is 1.88 bits per heavy atom. The van der Waals surface area contributed by atoms with Crippen molar-refractivity contribution in [3.8, 4) is 5.75 Å². The van der Waals surface area contributed by atoms with Crippen LogP contribution in [-0.2, 0) is 23.0 Å². The molecule has 0 aliphatic carbocycles. The molecular weight excluding hydrogens is 322 g/mol. The first-order chi connectivity index (χ1) is 11.5. The summed E-state index contributed by atoms with van der Waals surface area (Å²) in [7, 11) is -3.49. The van der Waals surface area contributed by atoms with Gasteiger partial charge >= 0.3 is 0 Å². The van der Waals surface area contributed by atoms with Crippen molar-refractivity contribution in [2.75, 3.05) is 13.2 Å². The SMILES string of the molecule is CCCOc1ccc(S(=O)(=O)N2CCc3ccccc3C2)cc1C. The lowest BCUT2D eigenvalue weighted by Gasteiger charge is -2.28. The van der Waals surface area contributed by atoms with Crippen LogP contribution in [0.4, 0.5) is 0 Å². The second-order valence-electron chi connectivity index (χ2n) is 6.13. The van der Waals surface area contributed by atoms with Gasteiger partial charge in [0.05, 0.1) is 11.5 Å². The van der Waals surface area contributed by atoms with E-state index in [2.05, 4.69) is 6.07 Å². The van der Waals surface area contributed by atoms with Gasteiger partial charge < -0.3 is 4.74 Å². The van der Waals surface area contributed by atoms with Gasteiger partial charge in [-0.15, -0.1) is 0 Å². The molecule has 0 fully saturated rings. The Balaban J connectivity index is 1.85. The van der Waals surface area contributed by atoms with Crippen LogP contribution in [0.3, 0.4) is 0 Å². The fourth-order valence-electron chi connectivity index (χ4n) is 2.98. The molecule has 1 aliphatic rings. The van der Waals surface area contributed by atoms with E-state index in [1.807, 2.05) is 32.0 Å². The molecule has 24 heavy (non-hydrogen) atoms. The van der Waals surface area contributed by atoms with Crippen LogP contribution in [0.5, 0.6) is 5.75 Å². The molecule has 0 amide bonds. The van der Waals surface area contributed by atoms with Crippen molar-refractivity contribution >= 4 is 10.0 Å². The van der Waals surface area contributed by atoms with Crippen LogP contribution in [0.25, 0.3) is 0 Å². The highest BCUT2D eigenvalue weighted by Gasteiger charge is 2.28. The summed E-state index contributed by atoms with van der Waals surface area (Å²) in [6.07, 6.45) is 1.68. The van der Waals surface area contributed by atoms with Gasteiger partial charge in [0.1, 0.15) is 5.75 Å². The Morgan fingerprint density at radius 1 is 1.12 bits per heavy atom. The van der Waals surface area contributed by atoms with E-state index >= 15 is 0 Å². The third kappa shape index (κ3) is 3.32. The fourth-order valence-corrected chi connectivity index (χ4v) is 4.48. The quantitative estimate of drug-likeness (QED) is 0.833. The van der Waals surface area contributed by atoms with Gasteiger partial charge in [-0.05, 0) is 54.7 Å². The second-order valence-corrected chi connectivity index (χ2v) is 8.07. The van der Waals surface area contributed by atoms with Crippen molar-refractivity contribution in [2.45, 2.75) is 38.1 Å². The highest BCUT2D eigenvalue weighted by molar-refractivity contribution is 7.89. The van der Waals surface area contributed by atoms with Crippen LogP contribution < -0.4 is 4.74 Å². The van der Waals surface area contributed by atoms with Crippen molar-refractivity contribution < 1.29 is 13.2 Å². The molecular formula is C19H23NO3S. The standard InChI is InChI=1S/C19H23NO3S/c1-3-12-23-19-9-8-18(13-15(19)2)24(21,22)20-11-10-16-6-4-5-7-17(16)14-20/h4-9,13H,3,10-12,14H2,1-2H3. The van der Waals surface area contributed by atoms with E-state index in [-0.39, 0.29) is 0 Å². The number of hydrogen-bond acceptors (Lipinski definition) is 3. The van der Waals surface area contributed by atoms with Crippen molar-refractivity contribution in [2.24, 2.45) is 0 Å². The third-order valence-corrected chi connectivity index (χ3v) is 6.18. The first kappa shape index (κ1) is 17.0. The molecule has 0 unspecified atom stereocenters. The lowest BCUT2D eigenvalue weighted by molar-refractivity contribution is 0.315. The largest absolute Gasteiger partial charge is 0.493 e. The normalized spacial score (nSPS) is 15.1. The number of fused-ring (bicyclic) bond motifs is 1. The average Bonchev–Trinajstić information content (AvgIpc) is 2.60. The molecule has 0 bridgehead atoms. The summed E-state index contributed by atoms with van der Waals surface area (Å²) in [6, 6.07) is 13.2. The lowest BCUT2D eigenvalue weighted by atomic mass is 10.0. The van der Waals surface area contributed by atoms with Gasteiger partial charge in [0, 0.05) is 13.1 Å². The number of ether oxygens (including phenoxy) is 1. The molecule has 5 heteroatoms. The summed E-state index contributed by atoms with van der Waals surface area (Å²) in [5.74, 6) is 0.750. The molecule has 2 aromatic rings. The minimum atomic E-state index is -3.49. The van der Waals surface area contributed by atoms with Crippen LogP contribution in [0.15, 0.2) is 47.4 Å². The zero-order chi connectivity index (χ0) is 17.2. The van der Waals surface area contributed by atoms with Crippen LogP contribution in [0, 0.1) is 6.92 Å². The molecule has 0 radical (unpaired) electrons. The van der Waals surface area contributed by atoms with Crippen LogP contribution in [-0.4, -0.2) is 25.9 Å². The summed E-state index contributed by atoms with van der Waals surface area (Å²) in [6.45, 7) is 5.52. The van der Waals surface area contributed by atoms with Crippen LogP contribution >= 0.6 is 0 Å². The van der Waals surface area contributed by atoms with E-state index in [0.717, 1.165) is 29.7 Å². The van der Waals surface area contributed by atoms with E-state index in [9.17, 15) is 8.42 Å². The average molecular weight is 345 g/mol. The Bertz CT molecular complexity index is 830. The Labute approximate surface area is 144 Å². The number of nitrogens with zero attached hydrogens (tertiary/aromatic N) is 1. The van der Waals surface area contributed by atoms with Crippen molar-refractivity contribution in [1.82, 2.24) is 4.31 Å². The maximum absolute atomic E-state index is 13.0. The summed E-state index contributed by atoms with van der Waals surface area (Å²) in [4.78, 5) is 0.336. The zero-order valence-electron chi connectivity index (χ0n) is 14.2. The number of benzene rings is 2. The minimum absolute atomic E-state index is 0.336. The van der Waals surface area contributed by atoms with E-state index in [4.69, 9.17) is 4.74 Å². The van der Waals surface area contributed by atoms with E-state index < -0.39 is 10.0 Å². The molecule has 0 N–H and O–H groups in total. The summed E-state index contributed by atoms with van der Waals surface area (Å²) in [5, 5.41) is 0. The monoisotopic (exact) mass is 345 g/mol. The maximum atomic E-state index is 13.0. The summed E-state index contributed by atoms with van der Waals surface area (Å²) >= 11 is 0. The van der Waals surface area contributed by atoms with Gasteiger partial charge in [-0.1, -0.05) is 31.2 Å². The Hall–Kier alpha value is -1.85. The molecule has 0 saturated heterocycles.